The van der Waals surface area contributed by atoms with Gasteiger partial charge in [-0.2, -0.15) is 0 Å². The molecule has 2 atom stereocenters. The van der Waals surface area contributed by atoms with Crippen LogP contribution >= 0.6 is 0 Å². The highest BCUT2D eigenvalue weighted by Crippen LogP contribution is 2.15. The first kappa shape index (κ1) is 8.49. The number of carboxylic acids is 1. The number of nitrogens with one attached hydrogen (secondary N) is 1. The van der Waals surface area contributed by atoms with Gasteiger partial charge in [0, 0.05) is 6.54 Å². The quantitative estimate of drug-likeness (QED) is 0.504. The molecule has 1 aliphatic heterocycles. The molecule has 1 heterocycles. The molecular weight excluding hydrogens is 146 g/mol. The van der Waals surface area contributed by atoms with Gasteiger partial charge >= 0.3 is 5.97 Å². The minimum absolute atomic E-state index is 0.0613. The Balaban J connectivity index is 2.35. The number of carbonyl (C=O) groups is 1. The highest BCUT2D eigenvalue weighted by atomic mass is 16.4. The molecule has 0 aromatic heterocycles. The van der Waals surface area contributed by atoms with Crippen LogP contribution in [-0.2, 0) is 4.79 Å². The highest BCUT2D eigenvalue weighted by Gasteiger charge is 2.24. The molecule has 0 bridgehead atoms. The van der Waals surface area contributed by atoms with Gasteiger partial charge in [0.1, 0.15) is 0 Å². The maximum absolute atomic E-state index is 10.3. The molecule has 4 heteroatoms. The van der Waals surface area contributed by atoms with Gasteiger partial charge in [-0.25, -0.2) is 0 Å². The fraction of sp³-hybridized carbons (Fsp3) is 0.857. The zero-order valence-electron chi connectivity index (χ0n) is 6.29. The molecule has 0 radical (unpaired) electrons. The maximum atomic E-state index is 10.3. The van der Waals surface area contributed by atoms with Gasteiger partial charge in [0.25, 0.3) is 0 Å². The van der Waals surface area contributed by atoms with Crippen molar-refractivity contribution < 1.29 is 15.0 Å². The number of aliphatic carboxylic acids is 1. The van der Waals surface area contributed by atoms with Gasteiger partial charge in [0.05, 0.1) is 12.5 Å². The molecule has 1 fully saturated rings. The van der Waals surface area contributed by atoms with Crippen molar-refractivity contribution in [2.75, 3.05) is 13.1 Å². The van der Waals surface area contributed by atoms with Crippen LogP contribution in [0.15, 0.2) is 0 Å². The topological polar surface area (TPSA) is 69.6 Å². The van der Waals surface area contributed by atoms with Crippen LogP contribution in [0, 0.1) is 5.92 Å². The summed E-state index contributed by atoms with van der Waals surface area (Å²) >= 11 is 0. The third kappa shape index (κ3) is 2.48. The highest BCUT2D eigenvalue weighted by molar-refractivity contribution is 5.67. The Morgan fingerprint density at radius 3 is 2.91 bits per heavy atom. The SMILES string of the molecule is O=C(O)C[C@H]1CCNC[C@@H]1O. The van der Waals surface area contributed by atoms with E-state index >= 15 is 0 Å². The number of hydrogen-bond acceptors (Lipinski definition) is 3. The van der Waals surface area contributed by atoms with Gasteiger partial charge in [0.15, 0.2) is 0 Å². The Morgan fingerprint density at radius 2 is 2.36 bits per heavy atom. The average Bonchev–Trinajstić information content (AvgIpc) is 1.93. The van der Waals surface area contributed by atoms with E-state index in [4.69, 9.17) is 5.11 Å². The summed E-state index contributed by atoms with van der Waals surface area (Å²) in [6.45, 7) is 1.34. The largest absolute Gasteiger partial charge is 0.481 e. The lowest BCUT2D eigenvalue weighted by atomic mass is 9.92. The monoisotopic (exact) mass is 159 g/mol. The molecular formula is C7H13NO3. The first-order valence-electron chi connectivity index (χ1n) is 3.80. The van der Waals surface area contributed by atoms with Crippen molar-refractivity contribution in [1.82, 2.24) is 5.32 Å². The van der Waals surface area contributed by atoms with Crippen LogP contribution in [0.4, 0.5) is 0 Å². The Morgan fingerprint density at radius 1 is 1.64 bits per heavy atom. The van der Waals surface area contributed by atoms with E-state index in [9.17, 15) is 9.90 Å². The van der Waals surface area contributed by atoms with E-state index in [1.54, 1.807) is 0 Å². The fourth-order valence-electron chi connectivity index (χ4n) is 1.36. The van der Waals surface area contributed by atoms with Crippen LogP contribution < -0.4 is 5.32 Å². The number of aliphatic hydroxyl groups excluding tert-OH is 1. The van der Waals surface area contributed by atoms with Crippen molar-refractivity contribution in [2.24, 2.45) is 5.92 Å². The zero-order chi connectivity index (χ0) is 8.27. The molecule has 64 valence electrons. The fourth-order valence-corrected chi connectivity index (χ4v) is 1.36. The predicted molar refractivity (Wildman–Crippen MR) is 39.2 cm³/mol. The Hall–Kier alpha value is -0.610. The van der Waals surface area contributed by atoms with Gasteiger partial charge < -0.3 is 15.5 Å². The van der Waals surface area contributed by atoms with E-state index in [0.29, 0.717) is 6.54 Å². The molecule has 0 aromatic carbocycles. The normalized spacial score (nSPS) is 31.7. The van der Waals surface area contributed by atoms with Crippen molar-refractivity contribution in [1.29, 1.82) is 0 Å². The van der Waals surface area contributed by atoms with Gasteiger partial charge in [-0.1, -0.05) is 0 Å². The summed E-state index contributed by atoms with van der Waals surface area (Å²) in [4.78, 5) is 10.3. The van der Waals surface area contributed by atoms with E-state index in [1.807, 2.05) is 0 Å². The standard InChI is InChI=1S/C7H13NO3/c9-6-4-8-2-1-5(6)3-7(10)11/h5-6,8-9H,1-4H2,(H,10,11)/t5-,6+/m1/s1. The molecule has 0 spiro atoms. The molecule has 4 nitrogen and oxygen atoms in total. The Bertz CT molecular complexity index is 149. The van der Waals surface area contributed by atoms with Crippen molar-refractivity contribution in [3.8, 4) is 0 Å². The smallest absolute Gasteiger partial charge is 0.303 e. The van der Waals surface area contributed by atoms with Crippen LogP contribution in [0.2, 0.25) is 0 Å². The molecule has 0 amide bonds. The summed E-state index contributed by atoms with van der Waals surface area (Å²) in [5, 5.41) is 20.7. The van der Waals surface area contributed by atoms with Gasteiger partial charge in [-0.15, -0.1) is 0 Å². The summed E-state index contributed by atoms with van der Waals surface area (Å²) in [6, 6.07) is 0. The van der Waals surface area contributed by atoms with E-state index in [2.05, 4.69) is 5.32 Å². The summed E-state index contributed by atoms with van der Waals surface area (Å²) < 4.78 is 0. The number of β-amino-alcohol motifs (C(OH)–C–C–N with tert-alkyl or cyclic N) is 1. The van der Waals surface area contributed by atoms with Crippen molar-refractivity contribution in [2.45, 2.75) is 18.9 Å². The minimum Gasteiger partial charge on any atom is -0.481 e. The summed E-state index contributed by atoms with van der Waals surface area (Å²) in [7, 11) is 0. The number of carboxylic acid groups (broad SMARTS) is 1. The van der Waals surface area contributed by atoms with Crippen LogP contribution in [0.3, 0.4) is 0 Å². The van der Waals surface area contributed by atoms with Crippen molar-refractivity contribution in [3.63, 3.8) is 0 Å². The van der Waals surface area contributed by atoms with Gasteiger partial charge in [-0.05, 0) is 18.9 Å². The average molecular weight is 159 g/mol. The van der Waals surface area contributed by atoms with E-state index < -0.39 is 12.1 Å². The van der Waals surface area contributed by atoms with Gasteiger partial charge in [0.2, 0.25) is 0 Å². The number of rotatable bonds is 2. The number of piperidine rings is 1. The lowest BCUT2D eigenvalue weighted by molar-refractivity contribution is -0.139. The maximum Gasteiger partial charge on any atom is 0.303 e. The second-order valence-electron chi connectivity index (χ2n) is 2.92. The first-order chi connectivity index (χ1) is 5.20. The molecule has 0 aliphatic carbocycles. The molecule has 3 N–H and O–H groups in total. The van der Waals surface area contributed by atoms with E-state index in [0.717, 1.165) is 13.0 Å². The van der Waals surface area contributed by atoms with Crippen LogP contribution in [0.5, 0.6) is 0 Å². The second kappa shape index (κ2) is 3.69. The zero-order valence-corrected chi connectivity index (χ0v) is 6.29. The summed E-state index contributed by atoms with van der Waals surface area (Å²) in [5.41, 5.74) is 0. The number of hydrogen-bond donors (Lipinski definition) is 3. The van der Waals surface area contributed by atoms with Crippen LogP contribution in [0.1, 0.15) is 12.8 Å². The minimum atomic E-state index is -0.823. The molecule has 0 unspecified atom stereocenters. The van der Waals surface area contributed by atoms with E-state index in [-0.39, 0.29) is 12.3 Å². The van der Waals surface area contributed by atoms with Crippen LogP contribution in [0.25, 0.3) is 0 Å². The van der Waals surface area contributed by atoms with Crippen molar-refractivity contribution in [3.05, 3.63) is 0 Å². The molecule has 1 saturated heterocycles. The lowest BCUT2D eigenvalue weighted by Crippen LogP contribution is -2.41. The molecule has 0 aromatic rings. The lowest BCUT2D eigenvalue weighted by Gasteiger charge is -2.26. The molecule has 1 rings (SSSR count). The van der Waals surface area contributed by atoms with Gasteiger partial charge in [-0.3, -0.25) is 4.79 Å². The summed E-state index contributed by atoms with van der Waals surface area (Å²) in [5.74, 6) is -0.885. The molecule has 1 aliphatic rings. The third-order valence-electron chi connectivity index (χ3n) is 2.03. The predicted octanol–water partition coefficient (Wildman–Crippen LogP) is -0.569. The van der Waals surface area contributed by atoms with Crippen molar-refractivity contribution >= 4 is 5.97 Å². The first-order valence-corrected chi connectivity index (χ1v) is 3.80. The molecule has 0 saturated carbocycles. The Kier molecular flexibility index (Phi) is 2.84. The second-order valence-corrected chi connectivity index (χ2v) is 2.92. The number of aliphatic hydroxyl groups is 1. The van der Waals surface area contributed by atoms with Crippen LogP contribution in [-0.4, -0.2) is 35.4 Å². The molecule has 11 heavy (non-hydrogen) atoms. The third-order valence-corrected chi connectivity index (χ3v) is 2.03. The van der Waals surface area contributed by atoms with E-state index in [1.165, 1.54) is 0 Å². The summed E-state index contributed by atoms with van der Waals surface area (Å²) in [6.07, 6.45) is 0.357. The Labute approximate surface area is 65.2 Å².